The molecule has 0 aliphatic rings. The Labute approximate surface area is 71.7 Å². The Morgan fingerprint density at radius 1 is 1.23 bits per heavy atom. The highest BCUT2D eigenvalue weighted by Gasteiger charge is 2.11. The van der Waals surface area contributed by atoms with Crippen molar-refractivity contribution in [2.75, 3.05) is 11.7 Å². The number of hydrogen-bond acceptors (Lipinski definition) is 4. The Hall–Kier alpha value is -1.66. The van der Waals surface area contributed by atoms with Crippen LogP contribution in [0.2, 0.25) is 0 Å². The number of aromatic nitrogens is 3. The summed E-state index contributed by atoms with van der Waals surface area (Å²) >= 11 is 0. The van der Waals surface area contributed by atoms with Gasteiger partial charge >= 0.3 is 12.2 Å². The molecule has 0 aliphatic carbocycles. The van der Waals surface area contributed by atoms with Crippen molar-refractivity contribution >= 4 is 5.95 Å². The fraction of sp³-hybridized carbons (Fsp3) is 0.167. The van der Waals surface area contributed by atoms with Crippen molar-refractivity contribution in [2.45, 2.75) is 0 Å². The monoisotopic (exact) mass is 190 g/mol. The smallest absolute Gasteiger partial charge is 0.172 e. The SMILES string of the molecule is C=CCN(F)c1nc(F)nc(F)n1. The molecule has 0 spiro atoms. The first kappa shape index (κ1) is 9.43. The molecule has 0 saturated heterocycles. The summed E-state index contributed by atoms with van der Waals surface area (Å²) in [6.07, 6.45) is -1.54. The van der Waals surface area contributed by atoms with Gasteiger partial charge in [-0.2, -0.15) is 28.9 Å². The van der Waals surface area contributed by atoms with Gasteiger partial charge in [0.05, 0.1) is 6.54 Å². The van der Waals surface area contributed by atoms with Gasteiger partial charge in [0.1, 0.15) is 0 Å². The van der Waals surface area contributed by atoms with E-state index in [1.54, 1.807) is 0 Å². The number of nitrogens with zero attached hydrogens (tertiary/aromatic N) is 4. The molecule has 0 fully saturated rings. The van der Waals surface area contributed by atoms with Crippen LogP contribution in [-0.4, -0.2) is 21.5 Å². The van der Waals surface area contributed by atoms with E-state index in [4.69, 9.17) is 0 Å². The first-order chi connectivity index (χ1) is 6.13. The average Bonchev–Trinajstić information content (AvgIpc) is 2.03. The fourth-order valence-corrected chi connectivity index (χ4v) is 0.620. The van der Waals surface area contributed by atoms with Crippen molar-refractivity contribution in [3.63, 3.8) is 0 Å². The van der Waals surface area contributed by atoms with Gasteiger partial charge in [-0.1, -0.05) is 10.6 Å². The third-order valence-corrected chi connectivity index (χ3v) is 1.08. The average molecular weight is 190 g/mol. The van der Waals surface area contributed by atoms with Gasteiger partial charge in [-0.05, 0) is 0 Å². The van der Waals surface area contributed by atoms with Crippen LogP contribution in [0.4, 0.5) is 19.2 Å². The summed E-state index contributed by atoms with van der Waals surface area (Å²) in [5.41, 5.74) is 0. The van der Waals surface area contributed by atoms with Crippen LogP contribution in [0.3, 0.4) is 0 Å². The zero-order chi connectivity index (χ0) is 9.84. The predicted molar refractivity (Wildman–Crippen MR) is 38.4 cm³/mol. The van der Waals surface area contributed by atoms with Crippen molar-refractivity contribution in [3.05, 3.63) is 24.8 Å². The fourth-order valence-electron chi connectivity index (χ4n) is 0.620. The first-order valence-electron chi connectivity index (χ1n) is 3.24. The molecule has 1 heterocycles. The van der Waals surface area contributed by atoms with Crippen LogP contribution < -0.4 is 5.12 Å². The molecule has 7 heteroatoms. The summed E-state index contributed by atoms with van der Waals surface area (Å²) in [4.78, 5) is 8.46. The van der Waals surface area contributed by atoms with E-state index in [1.807, 2.05) is 0 Å². The molecule has 1 aromatic heterocycles. The zero-order valence-electron chi connectivity index (χ0n) is 6.41. The number of rotatable bonds is 3. The van der Waals surface area contributed by atoms with Gasteiger partial charge in [-0.25, -0.2) is 0 Å². The first-order valence-corrected chi connectivity index (χ1v) is 3.24. The molecule has 4 nitrogen and oxygen atoms in total. The quantitative estimate of drug-likeness (QED) is 0.527. The van der Waals surface area contributed by atoms with Gasteiger partial charge in [0.2, 0.25) is 0 Å². The van der Waals surface area contributed by atoms with Crippen LogP contribution in [0.25, 0.3) is 0 Å². The zero-order valence-corrected chi connectivity index (χ0v) is 6.41. The van der Waals surface area contributed by atoms with Gasteiger partial charge < -0.3 is 0 Å². The third-order valence-electron chi connectivity index (χ3n) is 1.08. The molecule has 70 valence electrons. The maximum atomic E-state index is 12.8. The summed E-state index contributed by atoms with van der Waals surface area (Å²) in [6, 6.07) is 0. The second-order valence-corrected chi connectivity index (χ2v) is 2.01. The van der Waals surface area contributed by atoms with E-state index >= 15 is 0 Å². The Balaban J connectivity index is 2.93. The third kappa shape index (κ3) is 2.39. The minimum Gasteiger partial charge on any atom is -0.172 e. The van der Waals surface area contributed by atoms with Gasteiger partial charge in [-0.15, -0.1) is 6.58 Å². The lowest BCUT2D eigenvalue weighted by atomic mass is 10.6. The lowest BCUT2D eigenvalue weighted by Crippen LogP contribution is -2.16. The summed E-state index contributed by atoms with van der Waals surface area (Å²) in [7, 11) is 0. The van der Waals surface area contributed by atoms with Crippen LogP contribution in [0, 0.1) is 12.2 Å². The molecule has 13 heavy (non-hydrogen) atoms. The molecule has 0 bridgehead atoms. The number of anilines is 1. The molecule has 1 aromatic rings. The standard InChI is InChI=1S/C6H5F3N4/c1-2-3-13(9)6-11-4(7)10-5(8)12-6/h2H,1,3H2. The maximum absolute atomic E-state index is 12.8. The molecule has 0 aromatic carbocycles. The van der Waals surface area contributed by atoms with E-state index in [0.717, 1.165) is 0 Å². The van der Waals surface area contributed by atoms with E-state index in [1.165, 1.54) is 6.08 Å². The second-order valence-electron chi connectivity index (χ2n) is 2.01. The van der Waals surface area contributed by atoms with E-state index < -0.39 is 18.1 Å². The number of halogens is 3. The normalized spacial score (nSPS) is 9.77. The summed E-state index contributed by atoms with van der Waals surface area (Å²) in [5, 5.41) is -0.0547. The van der Waals surface area contributed by atoms with Gasteiger partial charge in [0.15, 0.2) is 0 Å². The van der Waals surface area contributed by atoms with Crippen molar-refractivity contribution in [2.24, 2.45) is 0 Å². The molecule has 0 aliphatic heterocycles. The molecule has 1 rings (SSSR count). The van der Waals surface area contributed by atoms with Gasteiger partial charge in [-0.3, -0.25) is 0 Å². The molecular formula is C6H5F3N4. The van der Waals surface area contributed by atoms with Crippen LogP contribution in [0.5, 0.6) is 0 Å². The van der Waals surface area contributed by atoms with Gasteiger partial charge in [0.25, 0.3) is 5.95 Å². The minimum absolute atomic E-state index is 0.0547. The topological polar surface area (TPSA) is 41.9 Å². The molecule has 0 radical (unpaired) electrons. The Bertz CT molecular complexity index is 296. The van der Waals surface area contributed by atoms with Crippen molar-refractivity contribution in [3.8, 4) is 0 Å². The highest BCUT2D eigenvalue weighted by Crippen LogP contribution is 2.06. The van der Waals surface area contributed by atoms with Crippen molar-refractivity contribution in [1.82, 2.24) is 15.0 Å². The van der Waals surface area contributed by atoms with Crippen LogP contribution >= 0.6 is 0 Å². The molecule has 0 unspecified atom stereocenters. The van der Waals surface area contributed by atoms with E-state index in [-0.39, 0.29) is 11.7 Å². The van der Waals surface area contributed by atoms with Crippen LogP contribution in [-0.2, 0) is 0 Å². The van der Waals surface area contributed by atoms with Crippen LogP contribution in [0.1, 0.15) is 0 Å². The molecule has 0 saturated carbocycles. The Morgan fingerprint density at radius 3 is 2.23 bits per heavy atom. The molecule has 0 amide bonds. The largest absolute Gasteiger partial charge is 0.315 e. The lowest BCUT2D eigenvalue weighted by molar-refractivity contribution is 0.407. The highest BCUT2D eigenvalue weighted by molar-refractivity contribution is 5.23. The van der Waals surface area contributed by atoms with E-state index in [2.05, 4.69) is 21.5 Å². The predicted octanol–water partition coefficient (Wildman–Crippen LogP) is 1.03. The van der Waals surface area contributed by atoms with E-state index in [0.29, 0.717) is 0 Å². The maximum Gasteiger partial charge on any atom is 0.315 e. The summed E-state index contributed by atoms with van der Waals surface area (Å²) in [5.74, 6) is -0.718. The number of hydrogen-bond donors (Lipinski definition) is 0. The minimum atomic E-state index is -1.37. The Kier molecular flexibility index (Phi) is 2.78. The summed E-state index contributed by atoms with van der Waals surface area (Å²) < 4.78 is 37.4. The molecule has 0 atom stereocenters. The Morgan fingerprint density at radius 2 is 1.77 bits per heavy atom. The summed E-state index contributed by atoms with van der Waals surface area (Å²) in [6.45, 7) is 2.97. The highest BCUT2D eigenvalue weighted by atomic mass is 19.2. The second kappa shape index (κ2) is 3.83. The van der Waals surface area contributed by atoms with Crippen molar-refractivity contribution in [1.29, 1.82) is 0 Å². The van der Waals surface area contributed by atoms with Gasteiger partial charge in [0, 0.05) is 0 Å². The molecule has 0 N–H and O–H groups in total. The lowest BCUT2D eigenvalue weighted by Gasteiger charge is -2.07. The van der Waals surface area contributed by atoms with E-state index in [9.17, 15) is 13.3 Å². The molecular weight excluding hydrogens is 185 g/mol. The van der Waals surface area contributed by atoms with Crippen molar-refractivity contribution < 1.29 is 13.3 Å². The van der Waals surface area contributed by atoms with Crippen LogP contribution in [0.15, 0.2) is 12.7 Å².